The lowest BCUT2D eigenvalue weighted by Crippen LogP contribution is -2.26. The predicted molar refractivity (Wildman–Crippen MR) is 145 cm³/mol. The molecule has 0 atom stereocenters. The van der Waals surface area contributed by atoms with Crippen LogP contribution >= 0.6 is 11.8 Å². The first-order valence-corrected chi connectivity index (χ1v) is 12.8. The molecule has 0 nitrogen and oxygen atoms in total. The Morgan fingerprint density at radius 3 is 1.45 bits per heavy atom. The molecule has 0 aromatic heterocycles. The standard InChI is InChI=1S/C32H34S/c1-31(2,3)25-27-15-13-14-26(24-27)22-23-33-32(28-16-7-4-8-17-28,29-18-9-5-10-19-29)30-20-11-6-12-21-30/h4-21,24H,22-23,25H2,1-3H3. The second kappa shape index (κ2) is 10.4. The third-order valence-corrected chi connectivity index (χ3v) is 7.52. The first-order chi connectivity index (χ1) is 16.0. The fourth-order valence-corrected chi connectivity index (χ4v) is 6.15. The van der Waals surface area contributed by atoms with E-state index in [4.69, 9.17) is 0 Å². The van der Waals surface area contributed by atoms with Gasteiger partial charge < -0.3 is 0 Å². The maximum absolute atomic E-state index is 2.40. The van der Waals surface area contributed by atoms with Crippen molar-refractivity contribution in [3.63, 3.8) is 0 Å². The zero-order valence-corrected chi connectivity index (χ0v) is 20.8. The van der Waals surface area contributed by atoms with E-state index in [0.717, 1.165) is 18.6 Å². The van der Waals surface area contributed by atoms with E-state index >= 15 is 0 Å². The van der Waals surface area contributed by atoms with Gasteiger partial charge in [-0.2, -0.15) is 0 Å². The second-order valence-electron chi connectivity index (χ2n) is 9.94. The Hall–Kier alpha value is -2.77. The van der Waals surface area contributed by atoms with Crippen LogP contribution in [0.15, 0.2) is 115 Å². The monoisotopic (exact) mass is 450 g/mol. The van der Waals surface area contributed by atoms with Gasteiger partial charge in [0.25, 0.3) is 0 Å². The molecular formula is C32H34S. The van der Waals surface area contributed by atoms with Crippen molar-refractivity contribution in [3.8, 4) is 0 Å². The van der Waals surface area contributed by atoms with Crippen LogP contribution in [0, 0.1) is 5.41 Å². The highest BCUT2D eigenvalue weighted by atomic mass is 32.2. The van der Waals surface area contributed by atoms with E-state index in [2.05, 4.69) is 136 Å². The topological polar surface area (TPSA) is 0 Å². The summed E-state index contributed by atoms with van der Waals surface area (Å²) in [5, 5.41) is 0. The number of benzene rings is 4. The van der Waals surface area contributed by atoms with Crippen molar-refractivity contribution in [2.75, 3.05) is 5.75 Å². The largest absolute Gasteiger partial charge is 0.140 e. The number of hydrogen-bond acceptors (Lipinski definition) is 1. The lowest BCUT2D eigenvalue weighted by atomic mass is 9.84. The van der Waals surface area contributed by atoms with Crippen LogP contribution in [0.25, 0.3) is 0 Å². The Bertz CT molecular complexity index is 1030. The van der Waals surface area contributed by atoms with Crippen molar-refractivity contribution in [1.82, 2.24) is 0 Å². The number of rotatable bonds is 8. The van der Waals surface area contributed by atoms with Gasteiger partial charge in [0, 0.05) is 0 Å². The van der Waals surface area contributed by atoms with Gasteiger partial charge in [0.1, 0.15) is 0 Å². The van der Waals surface area contributed by atoms with Crippen LogP contribution in [-0.4, -0.2) is 5.75 Å². The summed E-state index contributed by atoms with van der Waals surface area (Å²) in [5.74, 6) is 1.04. The summed E-state index contributed by atoms with van der Waals surface area (Å²) in [7, 11) is 0. The molecule has 33 heavy (non-hydrogen) atoms. The molecule has 0 bridgehead atoms. The molecular weight excluding hydrogens is 416 g/mol. The first-order valence-electron chi connectivity index (χ1n) is 11.9. The molecule has 0 heterocycles. The van der Waals surface area contributed by atoms with Gasteiger partial charge in [-0.15, -0.1) is 11.8 Å². The second-order valence-corrected chi connectivity index (χ2v) is 11.2. The number of thioether (sulfide) groups is 1. The van der Waals surface area contributed by atoms with Gasteiger partial charge in [-0.25, -0.2) is 0 Å². The van der Waals surface area contributed by atoms with Crippen LogP contribution in [0.2, 0.25) is 0 Å². The Balaban J connectivity index is 1.68. The van der Waals surface area contributed by atoms with Crippen LogP contribution in [0.3, 0.4) is 0 Å². The smallest absolute Gasteiger partial charge is 0.0907 e. The molecule has 0 fully saturated rings. The first kappa shape index (κ1) is 23.4. The highest BCUT2D eigenvalue weighted by molar-refractivity contribution is 8.00. The van der Waals surface area contributed by atoms with Gasteiger partial charge in [-0.3, -0.25) is 0 Å². The van der Waals surface area contributed by atoms with Gasteiger partial charge in [-0.1, -0.05) is 136 Å². The molecule has 0 N–H and O–H groups in total. The highest BCUT2D eigenvalue weighted by Crippen LogP contribution is 2.48. The molecule has 0 saturated carbocycles. The highest BCUT2D eigenvalue weighted by Gasteiger charge is 2.36. The Morgan fingerprint density at radius 1 is 0.545 bits per heavy atom. The fraction of sp³-hybridized carbons (Fsp3) is 0.250. The van der Waals surface area contributed by atoms with E-state index in [1.807, 2.05) is 11.8 Å². The summed E-state index contributed by atoms with van der Waals surface area (Å²) < 4.78 is -0.243. The average molecular weight is 451 g/mol. The third-order valence-electron chi connectivity index (χ3n) is 5.98. The van der Waals surface area contributed by atoms with Crippen LogP contribution in [-0.2, 0) is 17.6 Å². The fourth-order valence-electron chi connectivity index (χ4n) is 4.60. The molecule has 4 rings (SSSR count). The maximum atomic E-state index is 2.40. The van der Waals surface area contributed by atoms with Crippen LogP contribution in [0.5, 0.6) is 0 Å². The minimum atomic E-state index is -0.243. The molecule has 0 aliphatic rings. The summed E-state index contributed by atoms with van der Waals surface area (Å²) in [6.07, 6.45) is 2.16. The lowest BCUT2D eigenvalue weighted by Gasteiger charge is -2.35. The van der Waals surface area contributed by atoms with Crippen molar-refractivity contribution in [2.24, 2.45) is 5.41 Å². The van der Waals surface area contributed by atoms with E-state index in [9.17, 15) is 0 Å². The van der Waals surface area contributed by atoms with E-state index in [-0.39, 0.29) is 4.75 Å². The zero-order chi connectivity index (χ0) is 23.2. The molecule has 0 amide bonds. The third kappa shape index (κ3) is 5.78. The quantitative estimate of drug-likeness (QED) is 0.242. The lowest BCUT2D eigenvalue weighted by molar-refractivity contribution is 0.411. The van der Waals surface area contributed by atoms with Crippen molar-refractivity contribution in [3.05, 3.63) is 143 Å². The van der Waals surface area contributed by atoms with Crippen molar-refractivity contribution >= 4 is 11.8 Å². The summed E-state index contributed by atoms with van der Waals surface area (Å²) in [5.41, 5.74) is 7.14. The van der Waals surface area contributed by atoms with E-state index in [1.165, 1.54) is 27.8 Å². The molecule has 0 saturated heterocycles. The summed E-state index contributed by atoms with van der Waals surface area (Å²) in [6, 6.07) is 42.1. The summed E-state index contributed by atoms with van der Waals surface area (Å²) in [4.78, 5) is 0. The van der Waals surface area contributed by atoms with Gasteiger partial charge in [0.15, 0.2) is 0 Å². The molecule has 4 aromatic rings. The molecule has 4 aromatic carbocycles. The molecule has 1 heteroatoms. The maximum Gasteiger partial charge on any atom is 0.0907 e. The Labute approximate surface area is 204 Å². The van der Waals surface area contributed by atoms with Gasteiger partial charge in [-0.05, 0) is 51.8 Å². The molecule has 0 spiro atoms. The molecule has 0 aliphatic carbocycles. The van der Waals surface area contributed by atoms with Crippen molar-refractivity contribution in [2.45, 2.75) is 38.4 Å². The summed E-state index contributed by atoms with van der Waals surface area (Å²) in [6.45, 7) is 6.93. The number of hydrogen-bond donors (Lipinski definition) is 0. The van der Waals surface area contributed by atoms with Crippen LogP contribution < -0.4 is 0 Å². The van der Waals surface area contributed by atoms with Crippen molar-refractivity contribution in [1.29, 1.82) is 0 Å². The SMILES string of the molecule is CC(C)(C)Cc1cccc(CCSC(c2ccccc2)(c2ccccc2)c2ccccc2)c1. The Morgan fingerprint density at radius 2 is 1.00 bits per heavy atom. The average Bonchev–Trinajstić information content (AvgIpc) is 2.83. The van der Waals surface area contributed by atoms with E-state index < -0.39 is 0 Å². The minimum Gasteiger partial charge on any atom is -0.140 e. The van der Waals surface area contributed by atoms with Gasteiger partial charge >= 0.3 is 0 Å². The number of aryl methyl sites for hydroxylation is 1. The molecule has 0 unspecified atom stereocenters. The van der Waals surface area contributed by atoms with E-state index in [1.54, 1.807) is 0 Å². The van der Waals surface area contributed by atoms with E-state index in [0.29, 0.717) is 5.41 Å². The Kier molecular flexibility index (Phi) is 7.40. The van der Waals surface area contributed by atoms with Crippen LogP contribution in [0.1, 0.15) is 48.6 Å². The van der Waals surface area contributed by atoms with Gasteiger partial charge in [0.05, 0.1) is 4.75 Å². The summed E-state index contributed by atoms with van der Waals surface area (Å²) >= 11 is 2.04. The van der Waals surface area contributed by atoms with Gasteiger partial charge in [0.2, 0.25) is 0 Å². The zero-order valence-electron chi connectivity index (χ0n) is 20.0. The molecule has 168 valence electrons. The molecule has 0 radical (unpaired) electrons. The predicted octanol–water partition coefficient (Wildman–Crippen LogP) is 8.54. The van der Waals surface area contributed by atoms with Crippen LogP contribution in [0.4, 0.5) is 0 Å². The normalized spacial score (nSPS) is 12.0. The van der Waals surface area contributed by atoms with Crippen molar-refractivity contribution < 1.29 is 0 Å². The minimum absolute atomic E-state index is 0.243. The molecule has 0 aliphatic heterocycles.